The van der Waals surface area contributed by atoms with Crippen molar-refractivity contribution in [1.82, 2.24) is 0 Å². The fourth-order valence-electron chi connectivity index (χ4n) is 10.8. The number of aliphatic hydroxyl groups is 4. The first-order valence-electron chi connectivity index (χ1n) is 17.1. The predicted octanol–water partition coefficient (Wildman–Crippen LogP) is 5.85. The van der Waals surface area contributed by atoms with E-state index in [4.69, 9.17) is 9.47 Å². The van der Waals surface area contributed by atoms with E-state index >= 15 is 0 Å². The van der Waals surface area contributed by atoms with Crippen LogP contribution in [0.4, 0.5) is 0 Å². The lowest BCUT2D eigenvalue weighted by Gasteiger charge is -2.58. The van der Waals surface area contributed by atoms with E-state index in [1.165, 1.54) is 56.9 Å². The van der Waals surface area contributed by atoms with E-state index in [-0.39, 0.29) is 11.5 Å². The molecule has 4 unspecified atom stereocenters. The molecule has 4 aliphatic carbocycles. The third kappa shape index (κ3) is 5.73. The summed E-state index contributed by atoms with van der Waals surface area (Å²) in [6.45, 7) is 14.5. The highest BCUT2D eigenvalue weighted by atomic mass is 16.7. The topological polar surface area (TPSA) is 99.4 Å². The minimum atomic E-state index is -1.40. The quantitative estimate of drug-likeness (QED) is 0.257. The summed E-state index contributed by atoms with van der Waals surface area (Å²) < 4.78 is 11.9. The first-order valence-corrected chi connectivity index (χ1v) is 17.1. The number of aliphatic hydroxyl groups excluding tert-OH is 4. The second-order valence-corrected chi connectivity index (χ2v) is 15.7. The summed E-state index contributed by atoms with van der Waals surface area (Å²) >= 11 is 0. The number of allylic oxidation sites excluding steroid dienone is 1. The van der Waals surface area contributed by atoms with E-state index < -0.39 is 37.3 Å². The van der Waals surface area contributed by atoms with Crippen LogP contribution in [0.25, 0.3) is 0 Å². The van der Waals surface area contributed by atoms with Gasteiger partial charge in [-0.2, -0.15) is 0 Å². The van der Waals surface area contributed by atoms with Crippen LogP contribution in [0.1, 0.15) is 112 Å². The molecular formula is C35H60O6. The third-order valence-corrected chi connectivity index (χ3v) is 13.5. The first-order chi connectivity index (χ1) is 19.4. The molecule has 4 fully saturated rings. The molecule has 1 heterocycles. The van der Waals surface area contributed by atoms with Crippen LogP contribution in [-0.4, -0.2) is 63.8 Å². The van der Waals surface area contributed by atoms with Crippen molar-refractivity contribution in [2.75, 3.05) is 6.61 Å². The highest BCUT2D eigenvalue weighted by molar-refractivity contribution is 5.25. The van der Waals surface area contributed by atoms with Crippen LogP contribution in [0.2, 0.25) is 0 Å². The number of ether oxygens (including phenoxy) is 2. The van der Waals surface area contributed by atoms with E-state index in [9.17, 15) is 20.4 Å². The molecule has 0 radical (unpaired) electrons. The maximum atomic E-state index is 10.5. The summed E-state index contributed by atoms with van der Waals surface area (Å²) in [4.78, 5) is 0. The van der Waals surface area contributed by atoms with Gasteiger partial charge < -0.3 is 29.9 Å². The van der Waals surface area contributed by atoms with Gasteiger partial charge in [0.2, 0.25) is 0 Å². The van der Waals surface area contributed by atoms with Gasteiger partial charge in [0, 0.05) is 0 Å². The molecule has 3 saturated carbocycles. The Labute approximate surface area is 249 Å². The predicted molar refractivity (Wildman–Crippen MR) is 161 cm³/mol. The third-order valence-electron chi connectivity index (χ3n) is 13.5. The van der Waals surface area contributed by atoms with Crippen molar-refractivity contribution < 1.29 is 29.9 Å². The van der Waals surface area contributed by atoms with E-state index in [2.05, 4.69) is 47.6 Å². The zero-order valence-electron chi connectivity index (χ0n) is 26.7. The SMILES string of the molecule is CCC(CCC(C)[C@H]1CCC2[C@@H]3CC=C4C[C@@H](O[C@@H]5O[C@H](CO)[C@@H](O)[C@@H](O)[C@H]5O)CC[C@]4(C)C3CC[C@@]21C)C(C)C. The van der Waals surface area contributed by atoms with Gasteiger partial charge in [0.1, 0.15) is 24.4 Å². The van der Waals surface area contributed by atoms with Gasteiger partial charge in [-0.15, -0.1) is 0 Å². The molecule has 0 amide bonds. The van der Waals surface area contributed by atoms with Crippen LogP contribution in [0.3, 0.4) is 0 Å². The second kappa shape index (κ2) is 12.5. The normalized spacial score (nSPS) is 47.7. The molecule has 6 heteroatoms. The van der Waals surface area contributed by atoms with E-state index in [1.807, 2.05) is 0 Å². The van der Waals surface area contributed by atoms with Crippen molar-refractivity contribution in [1.29, 1.82) is 0 Å². The lowest BCUT2D eigenvalue weighted by Crippen LogP contribution is -2.60. The Morgan fingerprint density at radius 1 is 0.951 bits per heavy atom. The van der Waals surface area contributed by atoms with Crippen molar-refractivity contribution in [3.8, 4) is 0 Å². The minimum absolute atomic E-state index is 0.101. The summed E-state index contributed by atoms with van der Waals surface area (Å²) in [5, 5.41) is 40.4. The average molecular weight is 577 g/mol. The van der Waals surface area contributed by atoms with Gasteiger partial charge in [-0.1, -0.05) is 66.0 Å². The van der Waals surface area contributed by atoms with Gasteiger partial charge in [0.05, 0.1) is 12.7 Å². The molecule has 14 atom stereocenters. The van der Waals surface area contributed by atoms with Gasteiger partial charge in [0.15, 0.2) is 6.29 Å². The van der Waals surface area contributed by atoms with Crippen molar-refractivity contribution in [3.05, 3.63) is 11.6 Å². The molecule has 0 spiro atoms. The Kier molecular flexibility index (Phi) is 9.71. The lowest BCUT2D eigenvalue weighted by molar-refractivity contribution is -0.313. The fraction of sp³-hybridized carbons (Fsp3) is 0.943. The van der Waals surface area contributed by atoms with Crippen LogP contribution < -0.4 is 0 Å². The smallest absolute Gasteiger partial charge is 0.186 e. The summed E-state index contributed by atoms with van der Waals surface area (Å²) in [5.74, 6) is 5.66. The Morgan fingerprint density at radius 2 is 1.71 bits per heavy atom. The van der Waals surface area contributed by atoms with Gasteiger partial charge in [-0.05, 0) is 110 Å². The molecule has 0 aromatic carbocycles. The number of hydrogen-bond acceptors (Lipinski definition) is 6. The number of fused-ring (bicyclic) bond motifs is 5. The van der Waals surface area contributed by atoms with Gasteiger partial charge in [-0.25, -0.2) is 0 Å². The van der Waals surface area contributed by atoms with Gasteiger partial charge in [-0.3, -0.25) is 0 Å². The van der Waals surface area contributed by atoms with Crippen molar-refractivity contribution in [2.45, 2.75) is 149 Å². The van der Waals surface area contributed by atoms with Crippen molar-refractivity contribution in [3.63, 3.8) is 0 Å². The highest BCUT2D eigenvalue weighted by Crippen LogP contribution is 2.67. The molecule has 5 aliphatic rings. The van der Waals surface area contributed by atoms with E-state index in [0.717, 1.165) is 60.7 Å². The molecule has 6 nitrogen and oxygen atoms in total. The summed E-state index contributed by atoms with van der Waals surface area (Å²) in [7, 11) is 0. The Bertz CT molecular complexity index is 918. The Balaban J connectivity index is 1.24. The van der Waals surface area contributed by atoms with Crippen LogP contribution in [0, 0.1) is 52.3 Å². The van der Waals surface area contributed by atoms with E-state index in [0.29, 0.717) is 5.41 Å². The van der Waals surface area contributed by atoms with Crippen LogP contribution in [0.5, 0.6) is 0 Å². The van der Waals surface area contributed by atoms with Crippen LogP contribution in [0.15, 0.2) is 11.6 Å². The van der Waals surface area contributed by atoms with Crippen molar-refractivity contribution in [2.24, 2.45) is 52.3 Å². The fourth-order valence-corrected chi connectivity index (χ4v) is 10.8. The molecule has 41 heavy (non-hydrogen) atoms. The Morgan fingerprint density at radius 3 is 2.39 bits per heavy atom. The number of rotatable bonds is 9. The van der Waals surface area contributed by atoms with Crippen LogP contribution in [-0.2, 0) is 9.47 Å². The zero-order valence-corrected chi connectivity index (χ0v) is 26.7. The average Bonchev–Trinajstić information content (AvgIpc) is 3.30. The standard InChI is InChI=1S/C35H60O6/c1-7-22(20(2)3)9-8-21(4)26-12-13-27-25-11-10-23-18-24(14-16-34(23,5)28(25)15-17-35(26,27)6)40-33-32(39)31(38)30(37)29(19-36)41-33/h10,20-22,24-33,36-39H,7-9,11-19H2,1-6H3/t21?,22?,24-,25-,26+,27?,28?,29+,30+,31+,32+,33+,34-,35+/m0/s1. The zero-order chi connectivity index (χ0) is 29.7. The van der Waals surface area contributed by atoms with Gasteiger partial charge in [0.25, 0.3) is 0 Å². The maximum Gasteiger partial charge on any atom is 0.186 e. The monoisotopic (exact) mass is 576 g/mol. The molecule has 0 aromatic heterocycles. The number of hydrogen-bond donors (Lipinski definition) is 4. The van der Waals surface area contributed by atoms with Gasteiger partial charge >= 0.3 is 0 Å². The highest BCUT2D eigenvalue weighted by Gasteiger charge is 2.59. The molecule has 236 valence electrons. The molecule has 5 rings (SSSR count). The molecule has 1 saturated heterocycles. The maximum absolute atomic E-state index is 10.5. The lowest BCUT2D eigenvalue weighted by atomic mass is 9.47. The summed E-state index contributed by atoms with van der Waals surface area (Å²) in [5.41, 5.74) is 2.19. The largest absolute Gasteiger partial charge is 0.394 e. The van der Waals surface area contributed by atoms with E-state index in [1.54, 1.807) is 0 Å². The second-order valence-electron chi connectivity index (χ2n) is 15.7. The van der Waals surface area contributed by atoms with Crippen molar-refractivity contribution >= 4 is 0 Å². The first kappa shape index (κ1) is 31.9. The molecule has 1 aliphatic heterocycles. The molecular weight excluding hydrogens is 516 g/mol. The molecule has 0 bridgehead atoms. The minimum Gasteiger partial charge on any atom is -0.394 e. The Hall–Kier alpha value is -0.500. The van der Waals surface area contributed by atoms with Crippen LogP contribution >= 0.6 is 0 Å². The molecule has 4 N–H and O–H groups in total. The summed E-state index contributed by atoms with van der Waals surface area (Å²) in [6.07, 6.45) is 9.92. The molecule has 0 aromatic rings. The summed E-state index contributed by atoms with van der Waals surface area (Å²) in [6, 6.07) is 0.